The molecular formula is C16H15FN2O3S. The van der Waals surface area contributed by atoms with E-state index < -0.39 is 27.7 Å². The van der Waals surface area contributed by atoms with E-state index >= 15 is 0 Å². The van der Waals surface area contributed by atoms with Gasteiger partial charge in [0.25, 0.3) is 0 Å². The quantitative estimate of drug-likeness (QED) is 0.917. The fourth-order valence-electron chi connectivity index (χ4n) is 2.60. The van der Waals surface area contributed by atoms with E-state index in [1.54, 1.807) is 24.3 Å². The normalized spacial score (nSPS) is 18.3. The smallest absolute Gasteiger partial charge is 0.322 e. The lowest BCUT2D eigenvalue weighted by molar-refractivity contribution is 0.245. The molecule has 0 fully saturated rings. The molecule has 2 aromatic carbocycles. The first kappa shape index (κ1) is 15.5. The highest BCUT2D eigenvalue weighted by Gasteiger charge is 2.35. The number of urea groups is 1. The van der Waals surface area contributed by atoms with E-state index in [4.69, 9.17) is 0 Å². The van der Waals surface area contributed by atoms with Crippen molar-refractivity contribution < 1.29 is 17.6 Å². The topological polar surface area (TPSA) is 66.5 Å². The first-order valence-electron chi connectivity index (χ1n) is 7.00. The van der Waals surface area contributed by atoms with Crippen LogP contribution in [0.4, 0.5) is 14.9 Å². The number of hydrogen-bond acceptors (Lipinski definition) is 3. The molecule has 3 rings (SSSR count). The number of rotatable bonds is 2. The summed E-state index contributed by atoms with van der Waals surface area (Å²) in [6, 6.07) is 11.1. The van der Waals surface area contributed by atoms with Crippen LogP contribution in [0, 0.1) is 5.82 Å². The molecule has 7 heteroatoms. The number of amides is 2. The molecule has 1 N–H and O–H groups in total. The predicted octanol–water partition coefficient (Wildman–Crippen LogP) is 2.50. The zero-order chi connectivity index (χ0) is 16.6. The Morgan fingerprint density at radius 3 is 2.52 bits per heavy atom. The van der Waals surface area contributed by atoms with Crippen molar-refractivity contribution in [1.29, 1.82) is 0 Å². The van der Waals surface area contributed by atoms with Gasteiger partial charge in [0.1, 0.15) is 5.82 Å². The Kier molecular flexibility index (Phi) is 3.81. The summed E-state index contributed by atoms with van der Waals surface area (Å²) in [5, 5.41) is 2.72. The Labute approximate surface area is 133 Å². The van der Waals surface area contributed by atoms with Crippen LogP contribution >= 0.6 is 0 Å². The van der Waals surface area contributed by atoms with Gasteiger partial charge in [0.2, 0.25) is 0 Å². The van der Waals surface area contributed by atoms with Gasteiger partial charge in [-0.2, -0.15) is 0 Å². The SMILES string of the molecule is CN(C(=O)N[C@H]1CS(=O)(=O)c2ccccc21)c1ccc(F)cc1. The van der Waals surface area contributed by atoms with E-state index in [1.165, 1.54) is 36.2 Å². The van der Waals surface area contributed by atoms with Crippen LogP contribution in [0.5, 0.6) is 0 Å². The number of benzene rings is 2. The first-order valence-corrected chi connectivity index (χ1v) is 8.65. The fraction of sp³-hybridized carbons (Fsp3) is 0.188. The Hall–Kier alpha value is -2.41. The molecule has 1 aliphatic heterocycles. The van der Waals surface area contributed by atoms with Crippen LogP contribution in [0.1, 0.15) is 11.6 Å². The number of carbonyl (C=O) groups is 1. The maximum absolute atomic E-state index is 12.9. The highest BCUT2D eigenvalue weighted by molar-refractivity contribution is 7.91. The molecule has 0 unspecified atom stereocenters. The summed E-state index contributed by atoms with van der Waals surface area (Å²) >= 11 is 0. The van der Waals surface area contributed by atoms with Gasteiger partial charge in [0.15, 0.2) is 9.84 Å². The highest BCUT2D eigenvalue weighted by Crippen LogP contribution is 2.33. The van der Waals surface area contributed by atoms with Gasteiger partial charge in [-0.1, -0.05) is 18.2 Å². The van der Waals surface area contributed by atoms with Gasteiger partial charge >= 0.3 is 6.03 Å². The van der Waals surface area contributed by atoms with Gasteiger partial charge < -0.3 is 5.32 Å². The van der Waals surface area contributed by atoms with Crippen LogP contribution in [0.15, 0.2) is 53.4 Å². The van der Waals surface area contributed by atoms with Gasteiger partial charge in [-0.05, 0) is 35.9 Å². The summed E-state index contributed by atoms with van der Waals surface area (Å²) in [7, 11) is -1.84. The van der Waals surface area contributed by atoms with Gasteiger partial charge in [0.05, 0.1) is 16.7 Å². The summed E-state index contributed by atoms with van der Waals surface area (Å²) in [5.74, 6) is -0.548. The minimum atomic E-state index is -3.38. The number of hydrogen-bond donors (Lipinski definition) is 1. The van der Waals surface area contributed by atoms with E-state index in [0.717, 1.165) is 0 Å². The molecule has 0 bridgehead atoms. The molecule has 1 aliphatic rings. The fourth-order valence-corrected chi connectivity index (χ4v) is 4.33. The molecule has 0 saturated carbocycles. The van der Waals surface area contributed by atoms with Crippen LogP contribution in [-0.2, 0) is 9.84 Å². The molecule has 0 radical (unpaired) electrons. The number of anilines is 1. The molecule has 0 spiro atoms. The second-order valence-electron chi connectivity index (χ2n) is 5.36. The average molecular weight is 334 g/mol. The number of fused-ring (bicyclic) bond motifs is 1. The average Bonchev–Trinajstić information content (AvgIpc) is 2.79. The Balaban J connectivity index is 1.80. The van der Waals surface area contributed by atoms with Crippen molar-refractivity contribution in [1.82, 2.24) is 5.32 Å². The number of sulfone groups is 1. The number of halogens is 1. The Morgan fingerprint density at radius 1 is 1.17 bits per heavy atom. The number of nitrogens with zero attached hydrogens (tertiary/aromatic N) is 1. The summed E-state index contributed by atoms with van der Waals surface area (Å²) in [6.45, 7) is 0. The van der Waals surface area contributed by atoms with Gasteiger partial charge in [-0.25, -0.2) is 17.6 Å². The molecule has 0 aliphatic carbocycles. The molecule has 23 heavy (non-hydrogen) atoms. The van der Waals surface area contributed by atoms with E-state index in [0.29, 0.717) is 11.3 Å². The summed E-state index contributed by atoms with van der Waals surface area (Å²) in [4.78, 5) is 13.9. The van der Waals surface area contributed by atoms with Gasteiger partial charge in [-0.3, -0.25) is 4.90 Å². The van der Waals surface area contributed by atoms with Crippen molar-refractivity contribution in [3.8, 4) is 0 Å². The number of nitrogens with one attached hydrogen (secondary N) is 1. The lowest BCUT2D eigenvalue weighted by Crippen LogP contribution is -2.40. The van der Waals surface area contributed by atoms with Crippen molar-refractivity contribution in [2.24, 2.45) is 0 Å². The molecular weight excluding hydrogens is 319 g/mol. The van der Waals surface area contributed by atoms with E-state index in [-0.39, 0.29) is 10.6 Å². The zero-order valence-electron chi connectivity index (χ0n) is 12.4. The number of carbonyl (C=O) groups excluding carboxylic acids is 1. The monoisotopic (exact) mass is 334 g/mol. The molecule has 2 amide bonds. The molecule has 0 saturated heterocycles. The van der Waals surface area contributed by atoms with E-state index in [1.807, 2.05) is 0 Å². The maximum atomic E-state index is 12.9. The largest absolute Gasteiger partial charge is 0.330 e. The third-order valence-corrected chi connectivity index (χ3v) is 5.65. The van der Waals surface area contributed by atoms with Crippen LogP contribution < -0.4 is 10.2 Å². The summed E-state index contributed by atoms with van der Waals surface area (Å²) in [6.07, 6.45) is 0. The first-order chi connectivity index (χ1) is 10.9. The van der Waals surface area contributed by atoms with Crippen LogP contribution in [0.3, 0.4) is 0 Å². The molecule has 1 heterocycles. The lowest BCUT2D eigenvalue weighted by Gasteiger charge is -2.21. The molecule has 120 valence electrons. The Morgan fingerprint density at radius 2 is 1.83 bits per heavy atom. The zero-order valence-corrected chi connectivity index (χ0v) is 13.2. The minimum absolute atomic E-state index is 0.157. The highest BCUT2D eigenvalue weighted by atomic mass is 32.2. The second kappa shape index (κ2) is 5.66. The molecule has 1 atom stereocenters. The third-order valence-electron chi connectivity index (χ3n) is 3.83. The summed E-state index contributed by atoms with van der Waals surface area (Å²) < 4.78 is 37.2. The van der Waals surface area contributed by atoms with Crippen molar-refractivity contribution in [3.05, 3.63) is 59.9 Å². The van der Waals surface area contributed by atoms with E-state index in [9.17, 15) is 17.6 Å². The van der Waals surface area contributed by atoms with Gasteiger partial charge in [0, 0.05) is 12.7 Å². The van der Waals surface area contributed by atoms with E-state index in [2.05, 4.69) is 5.32 Å². The van der Waals surface area contributed by atoms with Crippen molar-refractivity contribution in [3.63, 3.8) is 0 Å². The van der Waals surface area contributed by atoms with Crippen molar-refractivity contribution >= 4 is 21.6 Å². The standard InChI is InChI=1S/C16H15FN2O3S/c1-19(12-8-6-11(17)7-9-12)16(20)18-14-10-23(21,22)15-5-3-2-4-13(14)15/h2-9,14H,10H2,1H3,(H,18,20)/t14-/m0/s1. The predicted molar refractivity (Wildman–Crippen MR) is 84.6 cm³/mol. The second-order valence-corrected chi connectivity index (χ2v) is 7.36. The molecule has 5 nitrogen and oxygen atoms in total. The maximum Gasteiger partial charge on any atom is 0.322 e. The summed E-state index contributed by atoms with van der Waals surface area (Å²) in [5.41, 5.74) is 1.10. The third kappa shape index (κ3) is 2.92. The lowest BCUT2D eigenvalue weighted by atomic mass is 10.1. The molecule has 0 aromatic heterocycles. The van der Waals surface area contributed by atoms with Crippen LogP contribution in [0.2, 0.25) is 0 Å². The van der Waals surface area contributed by atoms with Crippen LogP contribution in [-0.4, -0.2) is 27.2 Å². The molecule has 2 aromatic rings. The van der Waals surface area contributed by atoms with Crippen LogP contribution in [0.25, 0.3) is 0 Å². The minimum Gasteiger partial charge on any atom is -0.330 e. The Bertz CT molecular complexity index is 850. The van der Waals surface area contributed by atoms with Crippen molar-refractivity contribution in [2.45, 2.75) is 10.9 Å². The van der Waals surface area contributed by atoms with Crippen molar-refractivity contribution in [2.75, 3.05) is 17.7 Å². The van der Waals surface area contributed by atoms with Gasteiger partial charge in [-0.15, -0.1) is 0 Å².